The van der Waals surface area contributed by atoms with Gasteiger partial charge in [0.05, 0.1) is 18.1 Å². The van der Waals surface area contributed by atoms with Crippen LogP contribution in [0.25, 0.3) is 5.69 Å². The van der Waals surface area contributed by atoms with Crippen LogP contribution in [0.3, 0.4) is 0 Å². The van der Waals surface area contributed by atoms with Crippen molar-refractivity contribution in [2.45, 2.75) is 56.0 Å². The second-order valence-corrected chi connectivity index (χ2v) is 9.60. The maximum Gasteiger partial charge on any atom is 0.269 e. The summed E-state index contributed by atoms with van der Waals surface area (Å²) in [6, 6.07) is 13.7. The van der Waals surface area contributed by atoms with E-state index in [1.165, 1.54) is 30.3 Å². The van der Waals surface area contributed by atoms with Gasteiger partial charge in [-0.05, 0) is 49.6 Å². The number of nitrogens with zero attached hydrogens (tertiary/aromatic N) is 4. The van der Waals surface area contributed by atoms with E-state index >= 15 is 0 Å². The fourth-order valence-corrected chi connectivity index (χ4v) is 5.19. The number of hydrogen-bond donors (Lipinski definition) is 1. The van der Waals surface area contributed by atoms with E-state index in [2.05, 4.69) is 15.5 Å². The highest BCUT2D eigenvalue weighted by molar-refractivity contribution is 7.98. The molecule has 1 N–H and O–H groups in total. The van der Waals surface area contributed by atoms with Gasteiger partial charge in [-0.25, -0.2) is 0 Å². The molecule has 1 saturated carbocycles. The molecule has 1 aliphatic rings. The van der Waals surface area contributed by atoms with Gasteiger partial charge in [0.15, 0.2) is 11.0 Å². The molecule has 0 radical (unpaired) electrons. The fourth-order valence-electron chi connectivity index (χ4n) is 4.29. The van der Waals surface area contributed by atoms with Crippen molar-refractivity contribution in [1.29, 1.82) is 0 Å². The van der Waals surface area contributed by atoms with Crippen LogP contribution in [0.1, 0.15) is 56.5 Å². The first-order valence-electron chi connectivity index (χ1n) is 11.7. The van der Waals surface area contributed by atoms with Crippen LogP contribution in [-0.2, 0) is 10.5 Å². The number of benzene rings is 2. The second kappa shape index (κ2) is 11.4. The lowest BCUT2D eigenvalue weighted by Gasteiger charge is -2.23. The smallest absolute Gasteiger partial charge is 0.269 e. The van der Waals surface area contributed by atoms with Crippen LogP contribution in [0.15, 0.2) is 53.7 Å². The molecule has 9 nitrogen and oxygen atoms in total. The largest absolute Gasteiger partial charge is 0.497 e. The van der Waals surface area contributed by atoms with Crippen molar-refractivity contribution in [3.05, 3.63) is 70.0 Å². The Balaban J connectivity index is 1.60. The Kier molecular flexibility index (Phi) is 8.02. The van der Waals surface area contributed by atoms with E-state index in [0.717, 1.165) is 37.0 Å². The summed E-state index contributed by atoms with van der Waals surface area (Å²) in [6.07, 6.45) is 5.17. The SMILES string of the molecule is COc1cccc(CSc2nnc(C(C)NC(=O)C3CCCCC3)n2-c2ccc([N+](=O)[O-])cc2)c1. The Bertz CT molecular complexity index is 1170. The van der Waals surface area contributed by atoms with Crippen LogP contribution >= 0.6 is 11.8 Å². The highest BCUT2D eigenvalue weighted by Gasteiger charge is 2.26. The molecule has 35 heavy (non-hydrogen) atoms. The minimum Gasteiger partial charge on any atom is -0.497 e. The molecule has 3 aromatic rings. The first kappa shape index (κ1) is 24.7. The molecule has 1 aliphatic carbocycles. The van der Waals surface area contributed by atoms with Gasteiger partial charge in [0.1, 0.15) is 5.75 Å². The van der Waals surface area contributed by atoms with Gasteiger partial charge in [0.25, 0.3) is 5.69 Å². The number of methoxy groups -OCH3 is 1. The molecule has 1 amide bonds. The third-order valence-corrected chi connectivity index (χ3v) is 7.20. The molecule has 0 bridgehead atoms. The van der Waals surface area contributed by atoms with Gasteiger partial charge in [0.2, 0.25) is 5.91 Å². The number of nitrogens with one attached hydrogen (secondary N) is 1. The van der Waals surface area contributed by atoms with Crippen molar-refractivity contribution >= 4 is 23.4 Å². The summed E-state index contributed by atoms with van der Waals surface area (Å²) in [7, 11) is 1.63. The van der Waals surface area contributed by atoms with Crippen LogP contribution in [0.4, 0.5) is 5.69 Å². The molecular formula is C25H29N5O4S. The molecule has 184 valence electrons. The van der Waals surface area contributed by atoms with Crippen LogP contribution in [0.2, 0.25) is 0 Å². The third-order valence-electron chi connectivity index (χ3n) is 6.20. The normalized spacial score (nSPS) is 14.9. The molecule has 2 aromatic carbocycles. The quantitative estimate of drug-likeness (QED) is 0.246. The number of nitro groups is 1. The zero-order valence-electron chi connectivity index (χ0n) is 19.8. The Labute approximate surface area is 208 Å². The Hall–Kier alpha value is -3.40. The topological polar surface area (TPSA) is 112 Å². The van der Waals surface area contributed by atoms with Gasteiger partial charge in [-0.2, -0.15) is 0 Å². The van der Waals surface area contributed by atoms with Crippen LogP contribution in [0, 0.1) is 16.0 Å². The maximum absolute atomic E-state index is 12.9. The molecule has 0 saturated heterocycles. The lowest BCUT2D eigenvalue weighted by Crippen LogP contribution is -2.34. The Morgan fingerprint density at radius 2 is 1.94 bits per heavy atom. The maximum atomic E-state index is 12.9. The number of carbonyl (C=O) groups excluding carboxylic acids is 1. The first-order valence-corrected chi connectivity index (χ1v) is 12.7. The summed E-state index contributed by atoms with van der Waals surface area (Å²) in [5.74, 6) is 2.06. The predicted octanol–water partition coefficient (Wildman–Crippen LogP) is 5.23. The Morgan fingerprint density at radius 1 is 1.20 bits per heavy atom. The molecule has 1 unspecified atom stereocenters. The van der Waals surface area contributed by atoms with Crippen LogP contribution in [0.5, 0.6) is 5.75 Å². The van der Waals surface area contributed by atoms with Gasteiger partial charge in [-0.3, -0.25) is 19.5 Å². The average Bonchev–Trinajstić information content (AvgIpc) is 3.32. The van der Waals surface area contributed by atoms with E-state index in [1.807, 2.05) is 35.8 Å². The molecular weight excluding hydrogens is 466 g/mol. The van der Waals surface area contributed by atoms with E-state index in [4.69, 9.17) is 4.74 Å². The summed E-state index contributed by atoms with van der Waals surface area (Å²) in [4.78, 5) is 23.6. The lowest BCUT2D eigenvalue weighted by atomic mass is 9.88. The number of hydrogen-bond acceptors (Lipinski definition) is 7. The van der Waals surface area contributed by atoms with Gasteiger partial charge in [-0.1, -0.05) is 43.2 Å². The van der Waals surface area contributed by atoms with Crippen molar-refractivity contribution in [2.24, 2.45) is 5.92 Å². The summed E-state index contributed by atoms with van der Waals surface area (Å²) in [5, 5.41) is 23.7. The number of ether oxygens (including phenoxy) is 1. The van der Waals surface area contributed by atoms with E-state index in [9.17, 15) is 14.9 Å². The minimum absolute atomic E-state index is 0.00704. The van der Waals surface area contributed by atoms with Crippen LogP contribution < -0.4 is 10.1 Å². The van der Waals surface area contributed by atoms with E-state index < -0.39 is 4.92 Å². The van der Waals surface area contributed by atoms with Crippen molar-refractivity contribution in [3.63, 3.8) is 0 Å². The number of thioether (sulfide) groups is 1. The molecule has 1 aromatic heterocycles. The molecule has 1 fully saturated rings. The molecule has 0 spiro atoms. The van der Waals surface area contributed by atoms with Crippen LogP contribution in [-0.4, -0.2) is 32.7 Å². The minimum atomic E-state index is -0.428. The molecule has 0 aliphatic heterocycles. The summed E-state index contributed by atoms with van der Waals surface area (Å²) in [6.45, 7) is 1.89. The summed E-state index contributed by atoms with van der Waals surface area (Å²) >= 11 is 1.50. The van der Waals surface area contributed by atoms with Gasteiger partial charge in [-0.15, -0.1) is 10.2 Å². The first-order chi connectivity index (χ1) is 17.0. The number of nitro benzene ring substituents is 1. The van der Waals surface area contributed by atoms with Crippen molar-refractivity contribution in [3.8, 4) is 11.4 Å². The van der Waals surface area contributed by atoms with Gasteiger partial charge >= 0.3 is 0 Å². The summed E-state index contributed by atoms with van der Waals surface area (Å²) < 4.78 is 7.18. The van der Waals surface area contributed by atoms with Gasteiger partial charge < -0.3 is 10.1 Å². The summed E-state index contributed by atoms with van der Waals surface area (Å²) in [5.41, 5.74) is 1.77. The Morgan fingerprint density at radius 3 is 2.63 bits per heavy atom. The zero-order valence-corrected chi connectivity index (χ0v) is 20.7. The van der Waals surface area contributed by atoms with E-state index in [1.54, 1.807) is 19.2 Å². The molecule has 1 atom stereocenters. The highest BCUT2D eigenvalue weighted by Crippen LogP contribution is 2.30. The third kappa shape index (κ3) is 6.00. The van der Waals surface area contributed by atoms with E-state index in [-0.39, 0.29) is 23.6 Å². The highest BCUT2D eigenvalue weighted by atomic mass is 32.2. The average molecular weight is 496 g/mol. The van der Waals surface area contributed by atoms with E-state index in [0.29, 0.717) is 22.4 Å². The van der Waals surface area contributed by atoms with Crippen molar-refractivity contribution in [1.82, 2.24) is 20.1 Å². The number of non-ortho nitro benzene ring substituents is 1. The number of carbonyl (C=O) groups is 1. The molecule has 4 rings (SSSR count). The number of rotatable bonds is 9. The fraction of sp³-hybridized carbons (Fsp3) is 0.400. The lowest BCUT2D eigenvalue weighted by molar-refractivity contribution is -0.384. The number of amides is 1. The molecule has 1 heterocycles. The monoisotopic (exact) mass is 495 g/mol. The second-order valence-electron chi connectivity index (χ2n) is 8.66. The van der Waals surface area contributed by atoms with Crippen molar-refractivity contribution in [2.75, 3.05) is 7.11 Å². The predicted molar refractivity (Wildman–Crippen MR) is 134 cm³/mol. The standard InChI is InChI=1S/C25H29N5O4S/c1-17(26-24(31)19-8-4-3-5-9-19)23-27-28-25(35-16-18-7-6-10-22(15-18)34-2)29(23)20-11-13-21(14-12-20)30(32)33/h6-7,10-15,17,19H,3-5,8-9,16H2,1-2H3,(H,26,31). The zero-order chi connectivity index (χ0) is 24.8. The number of aromatic nitrogens is 3. The van der Waals surface area contributed by atoms with Gasteiger partial charge in [0, 0.05) is 29.5 Å². The molecule has 10 heteroatoms. The van der Waals surface area contributed by atoms with Crippen molar-refractivity contribution < 1.29 is 14.5 Å².